The molecule has 2 aromatic carbocycles. The lowest BCUT2D eigenvalue weighted by Gasteiger charge is -2.13. The summed E-state index contributed by atoms with van der Waals surface area (Å²) in [6, 6.07) is 4.47. The van der Waals surface area contributed by atoms with E-state index in [1.54, 1.807) is 12.1 Å². The van der Waals surface area contributed by atoms with E-state index in [0.29, 0.717) is 16.9 Å². The zero-order chi connectivity index (χ0) is 16.4. The van der Waals surface area contributed by atoms with Crippen LogP contribution in [0.5, 0.6) is 23.0 Å². The van der Waals surface area contributed by atoms with E-state index in [2.05, 4.69) is 0 Å². The number of hydrogen-bond donors (Lipinski definition) is 2. The van der Waals surface area contributed by atoms with E-state index in [-0.39, 0.29) is 16.7 Å². The summed E-state index contributed by atoms with van der Waals surface area (Å²) in [4.78, 5) is 23.2. The number of phenols is 2. The van der Waals surface area contributed by atoms with Crippen molar-refractivity contribution in [1.82, 2.24) is 0 Å². The number of methoxy groups -OCH3 is 2. The van der Waals surface area contributed by atoms with E-state index < -0.39 is 23.7 Å². The van der Waals surface area contributed by atoms with Gasteiger partial charge in [0.2, 0.25) is 0 Å². The van der Waals surface area contributed by atoms with E-state index >= 15 is 0 Å². The highest BCUT2D eigenvalue weighted by atomic mass is 16.5. The number of benzene rings is 2. The van der Waals surface area contributed by atoms with E-state index in [1.165, 1.54) is 27.2 Å². The molecule has 0 amide bonds. The number of ether oxygens (including phenoxy) is 2. The first-order chi connectivity index (χ1) is 10.4. The van der Waals surface area contributed by atoms with Gasteiger partial charge in [-0.2, -0.15) is 0 Å². The van der Waals surface area contributed by atoms with Crippen LogP contribution >= 0.6 is 0 Å². The Morgan fingerprint density at radius 1 is 1.09 bits per heavy atom. The minimum atomic E-state index is -0.651. The summed E-state index contributed by atoms with van der Waals surface area (Å²) in [5.41, 5.74) is -0.286. The molecule has 6 heteroatoms. The first kappa shape index (κ1) is 15.6. The molecule has 6 nitrogen and oxygen atoms in total. The predicted molar refractivity (Wildman–Crippen MR) is 80.0 cm³/mol. The second-order valence-electron chi connectivity index (χ2n) is 4.85. The van der Waals surface area contributed by atoms with Crippen molar-refractivity contribution in [2.24, 2.45) is 0 Å². The van der Waals surface area contributed by atoms with Gasteiger partial charge in [-0.3, -0.25) is 9.59 Å². The third kappa shape index (κ3) is 2.67. The van der Waals surface area contributed by atoms with Gasteiger partial charge in [-0.15, -0.1) is 0 Å². The smallest absolute Gasteiger partial charge is 0.177 e. The maximum atomic E-state index is 12.1. The molecule has 2 rings (SSSR count). The van der Waals surface area contributed by atoms with E-state index in [0.717, 1.165) is 0 Å². The summed E-state index contributed by atoms with van der Waals surface area (Å²) < 4.78 is 10.3. The summed E-state index contributed by atoms with van der Waals surface area (Å²) in [5, 5.41) is 21.1. The molecule has 2 N–H and O–H groups in total. The molecule has 0 saturated carbocycles. The molecule has 0 aromatic heterocycles. The molecule has 22 heavy (non-hydrogen) atoms. The largest absolute Gasteiger partial charge is 0.507 e. The molecule has 0 aliphatic carbocycles. The van der Waals surface area contributed by atoms with Crippen molar-refractivity contribution >= 4 is 22.3 Å². The number of carbonyl (C=O) groups excluding carboxylic acids is 2. The maximum Gasteiger partial charge on any atom is 0.177 e. The molecular formula is C16H16O6. The van der Waals surface area contributed by atoms with Crippen LogP contribution in [0.15, 0.2) is 18.2 Å². The molecule has 0 aliphatic rings. The Morgan fingerprint density at radius 3 is 2.32 bits per heavy atom. The van der Waals surface area contributed by atoms with Gasteiger partial charge in [-0.1, -0.05) is 0 Å². The lowest BCUT2D eigenvalue weighted by molar-refractivity contribution is -0.116. The van der Waals surface area contributed by atoms with Crippen LogP contribution in [0.25, 0.3) is 10.8 Å². The fourth-order valence-electron chi connectivity index (χ4n) is 2.31. The molecule has 116 valence electrons. The average Bonchev–Trinajstić information content (AvgIpc) is 2.44. The minimum absolute atomic E-state index is 0.271. The predicted octanol–water partition coefficient (Wildman–Crippen LogP) is 2.43. The number of aromatic hydroxyl groups is 2. The monoisotopic (exact) mass is 304 g/mol. The van der Waals surface area contributed by atoms with Crippen molar-refractivity contribution in [2.45, 2.75) is 13.3 Å². The normalized spacial score (nSPS) is 10.5. The Morgan fingerprint density at radius 2 is 1.77 bits per heavy atom. The summed E-state index contributed by atoms with van der Waals surface area (Å²) in [7, 11) is 2.89. The maximum absolute atomic E-state index is 12.1. The molecule has 2 aromatic rings. The minimum Gasteiger partial charge on any atom is -0.507 e. The van der Waals surface area contributed by atoms with E-state index in [9.17, 15) is 19.8 Å². The molecule has 0 aliphatic heterocycles. The Balaban J connectivity index is 2.76. The Bertz CT molecular complexity index is 763. The summed E-state index contributed by atoms with van der Waals surface area (Å²) in [6.45, 7) is 1.26. The Labute approximate surface area is 126 Å². The molecule has 0 saturated heterocycles. The lowest BCUT2D eigenvalue weighted by Crippen LogP contribution is -2.06. The van der Waals surface area contributed by atoms with Crippen LogP contribution < -0.4 is 9.47 Å². The van der Waals surface area contributed by atoms with Crippen molar-refractivity contribution < 1.29 is 29.3 Å². The summed E-state index contributed by atoms with van der Waals surface area (Å²) >= 11 is 0. The second kappa shape index (κ2) is 5.93. The van der Waals surface area contributed by atoms with Crippen LogP contribution in [0, 0.1) is 0 Å². The molecule has 0 fully saturated rings. The van der Waals surface area contributed by atoms with Gasteiger partial charge >= 0.3 is 0 Å². The number of ketones is 2. The first-order valence-electron chi connectivity index (χ1n) is 6.52. The van der Waals surface area contributed by atoms with Crippen LogP contribution in [-0.2, 0) is 4.79 Å². The zero-order valence-electron chi connectivity index (χ0n) is 12.5. The SMILES string of the molecule is COc1cc(OC)c2c(O)c(C(=O)CC(C)=O)c(O)cc2c1. The van der Waals surface area contributed by atoms with Gasteiger partial charge in [0.15, 0.2) is 5.78 Å². The van der Waals surface area contributed by atoms with Crippen LogP contribution in [-0.4, -0.2) is 36.0 Å². The van der Waals surface area contributed by atoms with Gasteiger partial charge in [0.05, 0.1) is 26.0 Å². The number of hydrogen-bond acceptors (Lipinski definition) is 6. The molecule has 0 bridgehead atoms. The van der Waals surface area contributed by atoms with Crippen molar-refractivity contribution in [1.29, 1.82) is 0 Å². The average molecular weight is 304 g/mol. The van der Waals surface area contributed by atoms with Gasteiger partial charge in [0.1, 0.15) is 34.3 Å². The standard InChI is InChI=1S/C16H16O6/c1-8(17)4-11(18)15-12(19)6-9-5-10(21-2)7-13(22-3)14(9)16(15)20/h5-7,19-20H,4H2,1-3H3. The highest BCUT2D eigenvalue weighted by molar-refractivity contribution is 6.14. The number of Topliss-reactive ketones (excluding diaryl/α,β-unsaturated/α-hetero) is 2. The quantitative estimate of drug-likeness (QED) is 0.651. The fourth-order valence-corrected chi connectivity index (χ4v) is 2.31. The van der Waals surface area contributed by atoms with Gasteiger partial charge in [0.25, 0.3) is 0 Å². The van der Waals surface area contributed by atoms with Crippen LogP contribution in [0.4, 0.5) is 0 Å². The zero-order valence-corrected chi connectivity index (χ0v) is 12.5. The van der Waals surface area contributed by atoms with Gasteiger partial charge in [-0.25, -0.2) is 0 Å². The third-order valence-corrected chi connectivity index (χ3v) is 3.27. The van der Waals surface area contributed by atoms with Crippen LogP contribution in [0.2, 0.25) is 0 Å². The number of carbonyl (C=O) groups is 2. The van der Waals surface area contributed by atoms with Crippen LogP contribution in [0.3, 0.4) is 0 Å². The van der Waals surface area contributed by atoms with Gasteiger partial charge < -0.3 is 19.7 Å². The van der Waals surface area contributed by atoms with Crippen molar-refractivity contribution in [2.75, 3.05) is 14.2 Å². The number of phenolic OH excluding ortho intramolecular Hbond substituents is 2. The second-order valence-corrected chi connectivity index (χ2v) is 4.85. The molecule has 0 atom stereocenters. The summed E-state index contributed by atoms with van der Waals surface area (Å²) in [6.07, 6.45) is -0.398. The van der Waals surface area contributed by atoms with Gasteiger partial charge in [0, 0.05) is 6.07 Å². The fraction of sp³-hybridized carbons (Fsp3) is 0.250. The third-order valence-electron chi connectivity index (χ3n) is 3.27. The van der Waals surface area contributed by atoms with Crippen molar-refractivity contribution in [3.63, 3.8) is 0 Å². The number of rotatable bonds is 5. The van der Waals surface area contributed by atoms with E-state index in [4.69, 9.17) is 9.47 Å². The summed E-state index contributed by atoms with van der Waals surface area (Å²) in [5.74, 6) is -1.05. The first-order valence-corrected chi connectivity index (χ1v) is 6.52. The lowest BCUT2D eigenvalue weighted by atomic mass is 9.98. The molecule has 0 heterocycles. The molecule has 0 radical (unpaired) electrons. The Hall–Kier alpha value is -2.76. The molecule has 0 spiro atoms. The molecular weight excluding hydrogens is 288 g/mol. The van der Waals surface area contributed by atoms with Crippen molar-refractivity contribution in [3.05, 3.63) is 23.8 Å². The van der Waals surface area contributed by atoms with Crippen molar-refractivity contribution in [3.8, 4) is 23.0 Å². The topological polar surface area (TPSA) is 93.1 Å². The van der Waals surface area contributed by atoms with E-state index in [1.807, 2.05) is 0 Å². The van der Waals surface area contributed by atoms with Gasteiger partial charge in [-0.05, 0) is 24.4 Å². The number of fused-ring (bicyclic) bond motifs is 1. The highest BCUT2D eigenvalue weighted by Crippen LogP contribution is 2.43. The molecule has 0 unspecified atom stereocenters. The Kier molecular flexibility index (Phi) is 4.21. The van der Waals surface area contributed by atoms with Crippen LogP contribution in [0.1, 0.15) is 23.7 Å². The highest BCUT2D eigenvalue weighted by Gasteiger charge is 2.23.